The SMILES string of the molecule is CC(=O)Nc1ccc(C(=O)O[C@H](C)c2nnc(-c3ccc([N+](=O)[O-])cc3)o2)cc1. The van der Waals surface area contributed by atoms with Crippen LogP contribution in [-0.2, 0) is 9.53 Å². The Bertz CT molecular complexity index is 1040. The molecular formula is C19H16N4O6. The largest absolute Gasteiger partial charge is 0.449 e. The van der Waals surface area contributed by atoms with Crippen molar-refractivity contribution >= 4 is 23.3 Å². The van der Waals surface area contributed by atoms with E-state index >= 15 is 0 Å². The molecule has 0 fully saturated rings. The molecule has 29 heavy (non-hydrogen) atoms. The molecule has 10 nitrogen and oxygen atoms in total. The zero-order valence-electron chi connectivity index (χ0n) is 15.5. The highest BCUT2D eigenvalue weighted by atomic mass is 16.6. The fourth-order valence-corrected chi connectivity index (χ4v) is 2.41. The Balaban J connectivity index is 1.66. The predicted molar refractivity (Wildman–Crippen MR) is 101 cm³/mol. The molecule has 1 aromatic heterocycles. The van der Waals surface area contributed by atoms with Crippen molar-refractivity contribution in [3.8, 4) is 11.5 Å². The normalized spacial score (nSPS) is 11.5. The highest BCUT2D eigenvalue weighted by Gasteiger charge is 2.20. The lowest BCUT2D eigenvalue weighted by atomic mass is 10.2. The number of ether oxygens (including phenoxy) is 1. The molecule has 0 spiro atoms. The molecule has 3 rings (SSSR count). The number of nitrogens with one attached hydrogen (secondary N) is 1. The third kappa shape index (κ3) is 4.80. The van der Waals surface area contributed by atoms with E-state index in [1.807, 2.05) is 0 Å². The molecule has 1 heterocycles. The molecule has 1 N–H and O–H groups in total. The maximum Gasteiger partial charge on any atom is 0.338 e. The van der Waals surface area contributed by atoms with E-state index < -0.39 is 17.0 Å². The number of carbonyl (C=O) groups is 2. The second-order valence-corrected chi connectivity index (χ2v) is 6.06. The van der Waals surface area contributed by atoms with E-state index in [9.17, 15) is 19.7 Å². The minimum absolute atomic E-state index is 0.0553. The van der Waals surface area contributed by atoms with Gasteiger partial charge in [0.2, 0.25) is 11.8 Å². The second-order valence-electron chi connectivity index (χ2n) is 6.06. The van der Waals surface area contributed by atoms with E-state index in [4.69, 9.17) is 9.15 Å². The van der Waals surface area contributed by atoms with Gasteiger partial charge >= 0.3 is 5.97 Å². The van der Waals surface area contributed by atoms with Crippen molar-refractivity contribution in [3.63, 3.8) is 0 Å². The lowest BCUT2D eigenvalue weighted by Crippen LogP contribution is -2.10. The first-order valence-corrected chi connectivity index (χ1v) is 8.50. The van der Waals surface area contributed by atoms with E-state index in [1.165, 1.54) is 43.3 Å². The number of carbonyl (C=O) groups excluding carboxylic acids is 2. The van der Waals surface area contributed by atoms with Gasteiger partial charge in [-0.25, -0.2) is 4.79 Å². The van der Waals surface area contributed by atoms with E-state index in [2.05, 4.69) is 15.5 Å². The first kappa shape index (κ1) is 19.7. The molecule has 0 aliphatic heterocycles. The van der Waals surface area contributed by atoms with Gasteiger partial charge in [-0.2, -0.15) is 0 Å². The van der Waals surface area contributed by atoms with Crippen molar-refractivity contribution in [2.45, 2.75) is 20.0 Å². The number of esters is 1. The Hall–Kier alpha value is -4.08. The molecule has 1 amide bonds. The van der Waals surface area contributed by atoms with Crippen molar-refractivity contribution in [1.82, 2.24) is 10.2 Å². The van der Waals surface area contributed by atoms with Crippen LogP contribution in [0, 0.1) is 10.1 Å². The Labute approximate surface area is 164 Å². The number of nitro groups is 1. The summed E-state index contributed by atoms with van der Waals surface area (Å²) in [7, 11) is 0. The molecule has 2 aromatic carbocycles. The number of aromatic nitrogens is 2. The minimum Gasteiger partial charge on any atom is -0.449 e. The van der Waals surface area contributed by atoms with Crippen LogP contribution in [0.2, 0.25) is 0 Å². The Morgan fingerprint density at radius 3 is 2.34 bits per heavy atom. The third-order valence-corrected chi connectivity index (χ3v) is 3.84. The minimum atomic E-state index is -0.809. The summed E-state index contributed by atoms with van der Waals surface area (Å²) in [5.74, 6) is -0.574. The van der Waals surface area contributed by atoms with Crippen molar-refractivity contribution < 1.29 is 23.7 Å². The van der Waals surface area contributed by atoms with Gasteiger partial charge in [0.1, 0.15) is 0 Å². The van der Waals surface area contributed by atoms with Gasteiger partial charge in [-0.3, -0.25) is 14.9 Å². The molecule has 0 radical (unpaired) electrons. The number of nitrogens with zero attached hydrogens (tertiary/aromatic N) is 3. The zero-order valence-corrected chi connectivity index (χ0v) is 15.5. The summed E-state index contributed by atoms with van der Waals surface area (Å²) in [6.07, 6.45) is -0.809. The number of amides is 1. The summed E-state index contributed by atoms with van der Waals surface area (Å²) in [5, 5.41) is 21.1. The van der Waals surface area contributed by atoms with Gasteiger partial charge in [-0.15, -0.1) is 10.2 Å². The van der Waals surface area contributed by atoms with Gasteiger partial charge in [0.15, 0.2) is 6.10 Å². The first-order chi connectivity index (χ1) is 13.8. The average molecular weight is 396 g/mol. The molecule has 10 heteroatoms. The number of benzene rings is 2. The van der Waals surface area contributed by atoms with Gasteiger partial charge in [-0.1, -0.05) is 0 Å². The smallest absolute Gasteiger partial charge is 0.338 e. The monoisotopic (exact) mass is 396 g/mol. The number of hydrogen-bond donors (Lipinski definition) is 1. The van der Waals surface area contributed by atoms with E-state index in [0.29, 0.717) is 16.8 Å². The van der Waals surface area contributed by atoms with E-state index in [0.717, 1.165) is 0 Å². The Morgan fingerprint density at radius 2 is 1.76 bits per heavy atom. The summed E-state index contributed by atoms with van der Waals surface area (Å²) in [4.78, 5) is 33.5. The molecule has 0 saturated carbocycles. The fraction of sp³-hybridized carbons (Fsp3) is 0.158. The Morgan fingerprint density at radius 1 is 1.10 bits per heavy atom. The van der Waals surface area contributed by atoms with Crippen molar-refractivity contribution in [2.75, 3.05) is 5.32 Å². The molecular weight excluding hydrogens is 380 g/mol. The second kappa shape index (κ2) is 8.30. The van der Waals surface area contributed by atoms with E-state index in [1.54, 1.807) is 19.1 Å². The third-order valence-electron chi connectivity index (χ3n) is 3.84. The van der Waals surface area contributed by atoms with Crippen LogP contribution in [-0.4, -0.2) is 27.0 Å². The van der Waals surface area contributed by atoms with Crippen LogP contribution >= 0.6 is 0 Å². The van der Waals surface area contributed by atoms with Crippen LogP contribution < -0.4 is 5.32 Å². The van der Waals surface area contributed by atoms with Gasteiger partial charge < -0.3 is 14.5 Å². The highest BCUT2D eigenvalue weighted by molar-refractivity contribution is 5.92. The van der Waals surface area contributed by atoms with Gasteiger partial charge in [0.05, 0.1) is 10.5 Å². The van der Waals surface area contributed by atoms with Crippen LogP contribution in [0.3, 0.4) is 0 Å². The average Bonchev–Trinajstić information content (AvgIpc) is 3.18. The number of nitro benzene ring substituents is 1. The summed E-state index contributed by atoms with van der Waals surface area (Å²) in [5.41, 5.74) is 1.30. The van der Waals surface area contributed by atoms with Crippen LogP contribution in [0.5, 0.6) is 0 Å². The Kier molecular flexibility index (Phi) is 5.63. The summed E-state index contributed by atoms with van der Waals surface area (Å²) in [6.45, 7) is 2.97. The summed E-state index contributed by atoms with van der Waals surface area (Å²) >= 11 is 0. The quantitative estimate of drug-likeness (QED) is 0.379. The van der Waals surface area contributed by atoms with Crippen LogP contribution in [0.25, 0.3) is 11.5 Å². The standard InChI is InChI=1S/C19H16N4O6/c1-11(28-19(25)14-3-7-15(8-4-14)20-12(2)24)17-21-22-18(29-17)13-5-9-16(10-6-13)23(26)27/h3-11H,1-2H3,(H,20,24)/t11-/m1/s1. The van der Waals surface area contributed by atoms with Crippen molar-refractivity contribution in [2.24, 2.45) is 0 Å². The molecule has 3 aromatic rings. The van der Waals surface area contributed by atoms with Gasteiger partial charge in [0.25, 0.3) is 11.6 Å². The van der Waals surface area contributed by atoms with Crippen molar-refractivity contribution in [1.29, 1.82) is 0 Å². The number of hydrogen-bond acceptors (Lipinski definition) is 8. The fourth-order valence-electron chi connectivity index (χ4n) is 2.41. The zero-order chi connectivity index (χ0) is 21.0. The lowest BCUT2D eigenvalue weighted by Gasteiger charge is -2.10. The van der Waals surface area contributed by atoms with Crippen LogP contribution in [0.4, 0.5) is 11.4 Å². The molecule has 0 aliphatic rings. The first-order valence-electron chi connectivity index (χ1n) is 8.50. The maximum absolute atomic E-state index is 12.3. The lowest BCUT2D eigenvalue weighted by molar-refractivity contribution is -0.384. The number of non-ortho nitro benzene ring substituents is 1. The summed E-state index contributed by atoms with van der Waals surface area (Å²) in [6, 6.07) is 11.9. The number of rotatable bonds is 6. The highest BCUT2D eigenvalue weighted by Crippen LogP contribution is 2.25. The molecule has 0 saturated heterocycles. The van der Waals surface area contributed by atoms with Gasteiger partial charge in [0, 0.05) is 30.3 Å². The summed E-state index contributed by atoms with van der Waals surface area (Å²) < 4.78 is 10.8. The molecule has 0 unspecified atom stereocenters. The number of anilines is 1. The molecule has 0 aliphatic carbocycles. The topological polar surface area (TPSA) is 137 Å². The molecule has 148 valence electrons. The van der Waals surface area contributed by atoms with Crippen LogP contribution in [0.15, 0.2) is 52.9 Å². The predicted octanol–water partition coefficient (Wildman–Crippen LogP) is 3.52. The van der Waals surface area contributed by atoms with Crippen LogP contribution in [0.1, 0.15) is 36.2 Å². The van der Waals surface area contributed by atoms with Crippen molar-refractivity contribution in [3.05, 3.63) is 70.1 Å². The molecule has 0 bridgehead atoms. The maximum atomic E-state index is 12.3. The van der Waals surface area contributed by atoms with Gasteiger partial charge in [-0.05, 0) is 43.3 Å². The van der Waals surface area contributed by atoms with E-state index in [-0.39, 0.29) is 23.4 Å². The molecule has 1 atom stereocenters.